The minimum atomic E-state index is -0.608. The molecule has 8 atom stereocenters. The van der Waals surface area contributed by atoms with E-state index in [1.54, 1.807) is 18.0 Å². The molecule has 0 radical (unpaired) electrons. The summed E-state index contributed by atoms with van der Waals surface area (Å²) in [5.41, 5.74) is -0.437. The number of carbonyl (C=O) groups excluding carboxylic acids is 1. The highest BCUT2D eigenvalue weighted by atomic mass is 16.5. The summed E-state index contributed by atoms with van der Waals surface area (Å²) < 4.78 is 7.11. The first-order valence-electron chi connectivity index (χ1n) is 12.1. The quantitative estimate of drug-likeness (QED) is 0.788. The van der Waals surface area contributed by atoms with Crippen LogP contribution in [0.5, 0.6) is 0 Å². The molecule has 0 aliphatic heterocycles. The summed E-state index contributed by atoms with van der Waals surface area (Å²) in [7, 11) is 1.70. The number of hydrogen-bond acceptors (Lipinski definition) is 4. The van der Waals surface area contributed by atoms with Gasteiger partial charge in [-0.2, -0.15) is 5.10 Å². The van der Waals surface area contributed by atoms with E-state index in [4.69, 9.17) is 4.74 Å². The van der Waals surface area contributed by atoms with E-state index in [9.17, 15) is 9.90 Å². The van der Waals surface area contributed by atoms with Crippen LogP contribution in [-0.2, 0) is 16.1 Å². The molecule has 0 unspecified atom stereocenters. The maximum absolute atomic E-state index is 13.2. The zero-order valence-electron chi connectivity index (χ0n) is 18.6. The fourth-order valence-corrected chi connectivity index (χ4v) is 8.56. The molecule has 0 saturated heterocycles. The molecule has 4 aliphatic carbocycles. The molecule has 0 spiro atoms. The Bertz CT molecular complexity index is 764. The normalized spacial score (nSPS) is 45.4. The zero-order chi connectivity index (χ0) is 20.9. The van der Waals surface area contributed by atoms with Gasteiger partial charge in [0.15, 0.2) is 5.78 Å². The van der Waals surface area contributed by atoms with Gasteiger partial charge >= 0.3 is 0 Å². The van der Waals surface area contributed by atoms with Crippen LogP contribution in [0.15, 0.2) is 18.5 Å². The summed E-state index contributed by atoms with van der Waals surface area (Å²) >= 11 is 0. The second-order valence-corrected chi connectivity index (χ2v) is 11.2. The Kier molecular flexibility index (Phi) is 5.34. The van der Waals surface area contributed by atoms with Crippen molar-refractivity contribution in [2.45, 2.75) is 76.9 Å². The highest BCUT2D eigenvalue weighted by Crippen LogP contribution is 2.64. The maximum atomic E-state index is 13.2. The van der Waals surface area contributed by atoms with Crippen LogP contribution in [0, 0.1) is 40.9 Å². The second-order valence-electron chi connectivity index (χ2n) is 11.2. The lowest BCUT2D eigenvalue weighted by Gasteiger charge is -2.57. The van der Waals surface area contributed by atoms with E-state index in [0.29, 0.717) is 30.8 Å². The minimum absolute atomic E-state index is 0.170. The molecule has 1 N–H and O–H groups in total. The molecule has 1 aromatic heterocycles. The lowest BCUT2D eigenvalue weighted by atomic mass is 9.49. The molecular weight excluding hydrogens is 376 g/mol. The molecule has 5 rings (SSSR count). The molecule has 5 nitrogen and oxygen atoms in total. The van der Waals surface area contributed by atoms with Gasteiger partial charge in [-0.05, 0) is 98.9 Å². The third-order valence-electron chi connectivity index (χ3n) is 9.78. The summed E-state index contributed by atoms with van der Waals surface area (Å²) in [6.45, 7) is 3.33. The number of ketones is 1. The zero-order valence-corrected chi connectivity index (χ0v) is 18.6. The van der Waals surface area contributed by atoms with E-state index in [1.807, 2.05) is 12.3 Å². The van der Waals surface area contributed by atoms with Crippen molar-refractivity contribution in [1.82, 2.24) is 9.78 Å². The first-order chi connectivity index (χ1) is 14.4. The molecule has 1 heterocycles. The van der Waals surface area contributed by atoms with Gasteiger partial charge in [0, 0.05) is 25.4 Å². The summed E-state index contributed by atoms with van der Waals surface area (Å²) in [5, 5.41) is 15.2. The molecule has 0 bridgehead atoms. The molecule has 4 aliphatic rings. The molecular formula is C25H38N2O3. The number of hydrogen-bond donors (Lipinski definition) is 1. The predicted octanol–water partition coefficient (Wildman–Crippen LogP) is 4.10. The van der Waals surface area contributed by atoms with Crippen LogP contribution >= 0.6 is 0 Å². The average molecular weight is 415 g/mol. The van der Waals surface area contributed by atoms with Crippen LogP contribution in [-0.4, -0.2) is 40.0 Å². The fraction of sp³-hybridized carbons (Fsp3) is 0.840. The number of aromatic nitrogens is 2. The van der Waals surface area contributed by atoms with Crippen molar-refractivity contribution in [3.05, 3.63) is 18.5 Å². The number of rotatable bonds is 5. The van der Waals surface area contributed by atoms with E-state index < -0.39 is 5.60 Å². The Morgan fingerprint density at radius 2 is 1.97 bits per heavy atom. The fourth-order valence-electron chi connectivity index (χ4n) is 8.56. The van der Waals surface area contributed by atoms with E-state index >= 15 is 0 Å². The first-order valence-corrected chi connectivity index (χ1v) is 12.1. The van der Waals surface area contributed by atoms with Gasteiger partial charge in [0.25, 0.3) is 0 Å². The van der Waals surface area contributed by atoms with Crippen molar-refractivity contribution in [2.24, 2.45) is 40.9 Å². The molecule has 5 heteroatoms. The predicted molar refractivity (Wildman–Crippen MR) is 115 cm³/mol. The third-order valence-corrected chi connectivity index (χ3v) is 9.78. The van der Waals surface area contributed by atoms with Crippen LogP contribution in [0.25, 0.3) is 0 Å². The number of ether oxygens (including phenoxy) is 1. The van der Waals surface area contributed by atoms with Crippen molar-refractivity contribution < 1.29 is 14.6 Å². The van der Waals surface area contributed by atoms with Gasteiger partial charge in [0.1, 0.15) is 0 Å². The van der Waals surface area contributed by atoms with Crippen LogP contribution in [0.1, 0.15) is 64.7 Å². The molecule has 1 aromatic rings. The van der Waals surface area contributed by atoms with Gasteiger partial charge in [-0.15, -0.1) is 0 Å². The highest BCUT2D eigenvalue weighted by Gasteiger charge is 2.58. The molecule has 4 fully saturated rings. The summed E-state index contributed by atoms with van der Waals surface area (Å²) in [6.07, 6.45) is 13.9. The maximum Gasteiger partial charge on any atom is 0.157 e. The van der Waals surface area contributed by atoms with Gasteiger partial charge in [-0.1, -0.05) is 6.92 Å². The van der Waals surface area contributed by atoms with Gasteiger partial charge in [0.2, 0.25) is 0 Å². The Balaban J connectivity index is 1.29. The number of fused-ring (bicyclic) bond motifs is 5. The van der Waals surface area contributed by atoms with Crippen molar-refractivity contribution in [3.8, 4) is 0 Å². The lowest BCUT2D eigenvalue weighted by molar-refractivity contribution is -0.136. The van der Waals surface area contributed by atoms with Crippen LogP contribution in [0.3, 0.4) is 0 Å². The second kappa shape index (κ2) is 7.74. The van der Waals surface area contributed by atoms with Crippen molar-refractivity contribution in [3.63, 3.8) is 0 Å². The van der Waals surface area contributed by atoms with Crippen molar-refractivity contribution in [2.75, 3.05) is 13.7 Å². The number of Topliss-reactive ketones (excluding diaryl/α,β-unsaturated/α-hetero) is 1. The van der Waals surface area contributed by atoms with Crippen LogP contribution in [0.2, 0.25) is 0 Å². The van der Waals surface area contributed by atoms with E-state index in [1.165, 1.54) is 32.1 Å². The largest absolute Gasteiger partial charge is 0.387 e. The van der Waals surface area contributed by atoms with Crippen molar-refractivity contribution >= 4 is 5.78 Å². The molecule has 166 valence electrons. The number of methoxy groups -OCH3 is 1. The van der Waals surface area contributed by atoms with Gasteiger partial charge in [-0.3, -0.25) is 9.48 Å². The lowest BCUT2D eigenvalue weighted by Crippen LogP contribution is -2.52. The number of aliphatic hydroxyl groups is 1. The minimum Gasteiger partial charge on any atom is -0.387 e. The Morgan fingerprint density at radius 1 is 1.13 bits per heavy atom. The Labute approximate surface area is 180 Å². The highest BCUT2D eigenvalue weighted by molar-refractivity contribution is 5.82. The van der Waals surface area contributed by atoms with Gasteiger partial charge in [-0.25, -0.2) is 0 Å². The van der Waals surface area contributed by atoms with Gasteiger partial charge < -0.3 is 9.84 Å². The molecule has 30 heavy (non-hydrogen) atoms. The summed E-state index contributed by atoms with van der Waals surface area (Å²) in [5.74, 6) is 4.28. The monoisotopic (exact) mass is 414 g/mol. The van der Waals surface area contributed by atoms with Crippen LogP contribution in [0.4, 0.5) is 0 Å². The van der Waals surface area contributed by atoms with Crippen LogP contribution < -0.4 is 0 Å². The SMILES string of the molecule is COC[C@@]1(O)CC[C@H]2[C@H](CC[C@@H]3[C@@H]2CC[C@]2(C)[C@@H](C(=O)Cn4cccn4)CC[C@@H]32)C1. The topological polar surface area (TPSA) is 64.3 Å². The Hall–Kier alpha value is -1.20. The third kappa shape index (κ3) is 3.37. The average Bonchev–Trinajstić information content (AvgIpc) is 3.34. The summed E-state index contributed by atoms with van der Waals surface area (Å²) in [4.78, 5) is 13.2. The molecule has 4 saturated carbocycles. The smallest absolute Gasteiger partial charge is 0.157 e. The Morgan fingerprint density at radius 3 is 2.73 bits per heavy atom. The summed E-state index contributed by atoms with van der Waals surface area (Å²) in [6, 6.07) is 1.90. The van der Waals surface area contributed by atoms with Gasteiger partial charge in [0.05, 0.1) is 18.8 Å². The van der Waals surface area contributed by atoms with E-state index in [-0.39, 0.29) is 11.3 Å². The molecule has 0 amide bonds. The molecule has 0 aromatic carbocycles. The number of carbonyl (C=O) groups is 1. The first kappa shape index (κ1) is 20.7. The number of nitrogens with zero attached hydrogens (tertiary/aromatic N) is 2. The van der Waals surface area contributed by atoms with E-state index in [0.717, 1.165) is 43.4 Å². The standard InChI is InChI=1S/C25H38N2O3/c1-24-10-8-19-18-9-11-25(29,16-30-2)14-17(18)4-5-20(19)21(24)6-7-22(24)23(28)15-27-13-3-12-26-27/h3,12-13,17-22,29H,4-11,14-16H2,1-2H3/t17-,18+,19-,20-,21+,22-,24+,25-/m1/s1. The van der Waals surface area contributed by atoms with E-state index in [2.05, 4.69) is 12.0 Å². The van der Waals surface area contributed by atoms with Crippen molar-refractivity contribution in [1.29, 1.82) is 0 Å².